The van der Waals surface area contributed by atoms with Crippen LogP contribution in [0.4, 0.5) is 0 Å². The first-order valence-electron chi connectivity index (χ1n) is 14.5. The first-order valence-corrected chi connectivity index (χ1v) is 14.5. The first kappa shape index (κ1) is 21.8. The third kappa shape index (κ3) is 2.58. The van der Waals surface area contributed by atoms with E-state index in [4.69, 9.17) is 0 Å². The fraction of sp³-hybridized carbons (Fsp3) is 0.243. The van der Waals surface area contributed by atoms with Gasteiger partial charge in [-0.05, 0) is 105 Å². The van der Waals surface area contributed by atoms with E-state index in [9.17, 15) is 0 Å². The number of allylic oxidation sites excluding steroid dienone is 2. The molecule has 1 unspecified atom stereocenters. The van der Waals surface area contributed by atoms with Crippen molar-refractivity contribution in [1.29, 1.82) is 0 Å². The molecule has 0 radical (unpaired) electrons. The summed E-state index contributed by atoms with van der Waals surface area (Å²) in [4.78, 5) is 0. The number of hydrogen-bond donors (Lipinski definition) is 0. The molecule has 0 bridgehead atoms. The zero-order valence-electron chi connectivity index (χ0n) is 22.9. The van der Waals surface area contributed by atoms with Gasteiger partial charge in [-0.3, -0.25) is 0 Å². The van der Waals surface area contributed by atoms with Gasteiger partial charge < -0.3 is 0 Å². The molecule has 5 aromatic rings. The molecule has 0 saturated carbocycles. The highest BCUT2D eigenvalue weighted by molar-refractivity contribution is 5.90. The predicted octanol–water partition coefficient (Wildman–Crippen LogP) is 7.48. The van der Waals surface area contributed by atoms with Crippen molar-refractivity contribution in [2.24, 2.45) is 0 Å². The average molecular weight is 505 g/mol. The number of aromatic nitrogens is 2. The monoisotopic (exact) mass is 504 g/mol. The molecule has 4 heterocycles. The number of fused-ring (bicyclic) bond motifs is 14. The van der Waals surface area contributed by atoms with Gasteiger partial charge in [-0.25, -0.2) is 0 Å². The van der Waals surface area contributed by atoms with Crippen LogP contribution >= 0.6 is 0 Å². The van der Waals surface area contributed by atoms with Crippen LogP contribution < -0.4 is 9.13 Å². The lowest BCUT2D eigenvalue weighted by molar-refractivity contribution is -0.954. The number of rotatable bonds is 0. The maximum Gasteiger partial charge on any atom is 0.417 e. The molecule has 188 valence electrons. The van der Waals surface area contributed by atoms with Gasteiger partial charge in [-0.2, -0.15) is 0 Å². The van der Waals surface area contributed by atoms with Crippen molar-refractivity contribution in [3.05, 3.63) is 124 Å². The molecule has 2 aromatic heterocycles. The third-order valence-corrected chi connectivity index (χ3v) is 10.1. The van der Waals surface area contributed by atoms with Gasteiger partial charge in [0.05, 0.1) is 11.1 Å². The van der Waals surface area contributed by atoms with E-state index in [1.54, 1.807) is 16.7 Å². The van der Waals surface area contributed by atoms with Crippen molar-refractivity contribution in [1.82, 2.24) is 0 Å². The molecule has 4 aliphatic rings. The lowest BCUT2D eigenvalue weighted by Crippen LogP contribution is -2.71. The lowest BCUT2D eigenvalue weighted by Gasteiger charge is -2.19. The Morgan fingerprint density at radius 1 is 0.667 bits per heavy atom. The van der Waals surface area contributed by atoms with Crippen molar-refractivity contribution in [3.63, 3.8) is 0 Å². The lowest BCUT2D eigenvalue weighted by atomic mass is 9.85. The Morgan fingerprint density at radius 2 is 1.46 bits per heavy atom. The average Bonchev–Trinajstić information content (AvgIpc) is 3.55. The Kier molecular flexibility index (Phi) is 4.10. The minimum atomic E-state index is -0.442. The summed E-state index contributed by atoms with van der Waals surface area (Å²) < 4.78 is 5.22. The predicted molar refractivity (Wildman–Crippen MR) is 157 cm³/mol. The Bertz CT molecular complexity index is 1970. The minimum Gasteiger partial charge on any atom is -0.125 e. The van der Waals surface area contributed by atoms with Crippen LogP contribution in [0.3, 0.4) is 0 Å². The second-order valence-corrected chi connectivity index (χ2v) is 12.3. The maximum atomic E-state index is 2.63. The minimum absolute atomic E-state index is 0.442. The second kappa shape index (κ2) is 7.33. The number of benzene rings is 3. The van der Waals surface area contributed by atoms with Crippen molar-refractivity contribution in [2.45, 2.75) is 58.5 Å². The van der Waals surface area contributed by atoms with Crippen LogP contribution in [0.15, 0.2) is 84.7 Å². The molecule has 2 nitrogen and oxygen atoms in total. The quantitative estimate of drug-likeness (QED) is 0.189. The fourth-order valence-corrected chi connectivity index (χ4v) is 8.22. The van der Waals surface area contributed by atoms with Crippen molar-refractivity contribution in [2.75, 3.05) is 0 Å². The van der Waals surface area contributed by atoms with Crippen LogP contribution in [0, 0.1) is 20.8 Å². The van der Waals surface area contributed by atoms with Crippen LogP contribution in [-0.2, 0) is 12.1 Å². The molecule has 0 fully saturated rings. The highest BCUT2D eigenvalue weighted by Gasteiger charge is 2.67. The van der Waals surface area contributed by atoms with Crippen LogP contribution in [0.25, 0.3) is 38.9 Å². The van der Waals surface area contributed by atoms with E-state index in [2.05, 4.69) is 109 Å². The molecule has 3 aromatic carbocycles. The molecule has 9 rings (SSSR count). The van der Waals surface area contributed by atoms with Crippen LogP contribution in [0.5, 0.6) is 0 Å². The van der Waals surface area contributed by atoms with Gasteiger partial charge in [0, 0.05) is 23.1 Å². The number of hydrogen-bond acceptors (Lipinski definition) is 0. The molecule has 2 aliphatic carbocycles. The normalized spacial score (nSPS) is 19.7. The highest BCUT2D eigenvalue weighted by atomic mass is 15.3. The van der Waals surface area contributed by atoms with Crippen LogP contribution in [-0.4, -0.2) is 0 Å². The van der Waals surface area contributed by atoms with E-state index in [1.807, 2.05) is 0 Å². The summed E-state index contributed by atoms with van der Waals surface area (Å²) in [6.45, 7) is 6.74. The molecule has 2 heteroatoms. The molecular formula is C37H32N2+2. The number of pyridine rings is 2. The van der Waals surface area contributed by atoms with Crippen molar-refractivity contribution < 1.29 is 9.13 Å². The molecule has 39 heavy (non-hydrogen) atoms. The standard InChI is InChI=1S/C37H32N2/c1-22-12-13-30-33(16-22)37(38-20-24(3)23(2)17-34(30)38)32-15-14-29-28-11-7-6-9-26(28)18-31(29)36(32)35-19-25-8-4-5-10-27(25)21-39(35)37/h4-5,8,10,12-17,19-21H,6-7,9,11,18H2,1-3H3/q+2. The van der Waals surface area contributed by atoms with Gasteiger partial charge in [-0.1, -0.05) is 41.5 Å². The summed E-state index contributed by atoms with van der Waals surface area (Å²) in [5.74, 6) is 0. The van der Waals surface area contributed by atoms with Crippen molar-refractivity contribution in [3.8, 4) is 22.5 Å². The van der Waals surface area contributed by atoms with Gasteiger partial charge in [0.1, 0.15) is 11.1 Å². The first-order chi connectivity index (χ1) is 19.1. The zero-order chi connectivity index (χ0) is 26.0. The Balaban J connectivity index is 1.47. The van der Waals surface area contributed by atoms with E-state index >= 15 is 0 Å². The molecule has 2 aliphatic heterocycles. The van der Waals surface area contributed by atoms with Gasteiger partial charge >= 0.3 is 5.66 Å². The summed E-state index contributed by atoms with van der Waals surface area (Å²) >= 11 is 0. The van der Waals surface area contributed by atoms with E-state index < -0.39 is 5.66 Å². The van der Waals surface area contributed by atoms with Gasteiger partial charge in [-0.15, -0.1) is 9.13 Å². The summed E-state index contributed by atoms with van der Waals surface area (Å²) in [6, 6.07) is 25.8. The second-order valence-electron chi connectivity index (χ2n) is 12.3. The van der Waals surface area contributed by atoms with Gasteiger partial charge in [0.15, 0.2) is 12.4 Å². The van der Waals surface area contributed by atoms with Crippen LogP contribution in [0.2, 0.25) is 0 Å². The summed E-state index contributed by atoms with van der Waals surface area (Å²) in [7, 11) is 0. The Hall–Kier alpha value is -4.04. The summed E-state index contributed by atoms with van der Waals surface area (Å²) in [6.07, 6.45) is 11.1. The Labute approximate surface area is 229 Å². The van der Waals surface area contributed by atoms with Crippen LogP contribution in [0.1, 0.15) is 64.6 Å². The Morgan fingerprint density at radius 3 is 2.36 bits per heavy atom. The van der Waals surface area contributed by atoms with E-state index in [0.29, 0.717) is 0 Å². The molecule has 0 N–H and O–H groups in total. The molecule has 1 atom stereocenters. The third-order valence-electron chi connectivity index (χ3n) is 10.1. The topological polar surface area (TPSA) is 7.76 Å². The SMILES string of the molecule is Cc1ccc2c(c1)C1(c3ccc4c(c3-c3cc5ccccc5c[n+]31)CC1=C4CCCC1)[n+]1cc(C)c(C)cc1-2. The van der Waals surface area contributed by atoms with Crippen molar-refractivity contribution >= 4 is 16.3 Å². The number of nitrogens with zero attached hydrogens (tertiary/aromatic N) is 2. The summed E-state index contributed by atoms with van der Waals surface area (Å²) in [5, 5.41) is 2.60. The summed E-state index contributed by atoms with van der Waals surface area (Å²) in [5.41, 5.74) is 18.3. The maximum absolute atomic E-state index is 2.63. The number of aryl methyl sites for hydroxylation is 3. The van der Waals surface area contributed by atoms with E-state index in [0.717, 1.165) is 6.42 Å². The van der Waals surface area contributed by atoms with E-state index in [1.165, 1.54) is 92.4 Å². The molecule has 0 saturated heterocycles. The molecule has 1 spiro atoms. The van der Waals surface area contributed by atoms with Gasteiger partial charge in [0.2, 0.25) is 11.4 Å². The van der Waals surface area contributed by atoms with Gasteiger partial charge in [0.25, 0.3) is 0 Å². The molecular weight excluding hydrogens is 472 g/mol. The zero-order valence-corrected chi connectivity index (χ0v) is 22.9. The molecule has 0 amide bonds. The van der Waals surface area contributed by atoms with E-state index in [-0.39, 0.29) is 0 Å². The fourth-order valence-electron chi connectivity index (χ4n) is 8.22. The largest absolute Gasteiger partial charge is 0.417 e. The smallest absolute Gasteiger partial charge is 0.125 e. The highest BCUT2D eigenvalue weighted by Crippen LogP contribution is 2.53.